The Morgan fingerprint density at radius 1 is 1.44 bits per heavy atom. The number of carbonyl (C=O) groups excluding carboxylic acids is 1. The minimum Gasteiger partial charge on any atom is -0.354 e. The fourth-order valence-electron chi connectivity index (χ4n) is 1.67. The van der Waals surface area contributed by atoms with E-state index in [1.807, 2.05) is 24.3 Å². The molecule has 0 radical (unpaired) electrons. The number of benzene rings is 1. The molecule has 1 aromatic carbocycles. The Balaban J connectivity index is 0.00000162. The molecular weight excluding hydrogens is 316 g/mol. The Morgan fingerprint density at radius 3 is 2.50 bits per heavy atom. The zero-order chi connectivity index (χ0) is 12.5. The molecule has 1 fully saturated rings. The lowest BCUT2D eigenvalue weighted by Crippen LogP contribution is -2.49. The van der Waals surface area contributed by atoms with Gasteiger partial charge >= 0.3 is 0 Å². The Labute approximate surface area is 122 Å². The van der Waals surface area contributed by atoms with Crippen molar-refractivity contribution in [3.63, 3.8) is 0 Å². The molecule has 2 rings (SSSR count). The van der Waals surface area contributed by atoms with E-state index in [9.17, 15) is 4.79 Å². The summed E-state index contributed by atoms with van der Waals surface area (Å²) in [5.74, 6) is 0.561. The molecule has 1 unspecified atom stereocenters. The Hall–Kier alpha value is -0.580. The van der Waals surface area contributed by atoms with Gasteiger partial charge in [-0.05, 0) is 43.4 Å². The lowest BCUT2D eigenvalue weighted by molar-refractivity contribution is -0.126. The van der Waals surface area contributed by atoms with E-state index in [0.29, 0.717) is 5.92 Å². The average molecular weight is 334 g/mol. The summed E-state index contributed by atoms with van der Waals surface area (Å²) in [5, 5.41) is 2.92. The van der Waals surface area contributed by atoms with E-state index >= 15 is 0 Å². The van der Waals surface area contributed by atoms with Crippen LogP contribution in [0.25, 0.3) is 0 Å². The van der Waals surface area contributed by atoms with Crippen molar-refractivity contribution in [2.75, 3.05) is 6.54 Å². The highest BCUT2D eigenvalue weighted by molar-refractivity contribution is 9.10. The van der Waals surface area contributed by atoms with Gasteiger partial charge in [0.1, 0.15) is 5.54 Å². The molecule has 1 aliphatic rings. The molecule has 0 spiro atoms. The van der Waals surface area contributed by atoms with Crippen molar-refractivity contribution < 1.29 is 4.79 Å². The first-order valence-corrected chi connectivity index (χ1v) is 6.62. The summed E-state index contributed by atoms with van der Waals surface area (Å²) in [7, 11) is 0. The second-order valence-electron chi connectivity index (χ2n) is 4.86. The van der Waals surface area contributed by atoms with Gasteiger partial charge in [0.2, 0.25) is 5.91 Å². The van der Waals surface area contributed by atoms with E-state index in [-0.39, 0.29) is 18.3 Å². The summed E-state index contributed by atoms with van der Waals surface area (Å²) in [6.45, 7) is 2.50. The number of nitrogens with one attached hydrogen (secondary N) is 1. The maximum atomic E-state index is 12.0. The molecule has 3 N–H and O–H groups in total. The van der Waals surface area contributed by atoms with Crippen molar-refractivity contribution in [3.8, 4) is 0 Å². The van der Waals surface area contributed by atoms with Crippen LogP contribution >= 0.6 is 28.3 Å². The van der Waals surface area contributed by atoms with Crippen LogP contribution in [0.4, 0.5) is 0 Å². The Bertz CT molecular complexity index is 416. The molecule has 3 nitrogen and oxygen atoms in total. The van der Waals surface area contributed by atoms with Crippen LogP contribution in [0.5, 0.6) is 0 Å². The third kappa shape index (κ3) is 3.70. The maximum absolute atomic E-state index is 12.0. The average Bonchev–Trinajstić information content (AvgIpc) is 3.10. The van der Waals surface area contributed by atoms with Gasteiger partial charge in [0.05, 0.1) is 0 Å². The molecule has 0 heterocycles. The highest BCUT2D eigenvalue weighted by Gasteiger charge is 2.31. The molecule has 1 atom stereocenters. The van der Waals surface area contributed by atoms with Gasteiger partial charge in [0.15, 0.2) is 0 Å². The lowest BCUT2D eigenvalue weighted by atomic mass is 9.92. The largest absolute Gasteiger partial charge is 0.354 e. The fraction of sp³-hybridized carbons (Fsp3) is 0.462. The molecule has 1 amide bonds. The van der Waals surface area contributed by atoms with Gasteiger partial charge in [-0.3, -0.25) is 4.79 Å². The number of halogens is 2. The number of hydrogen-bond acceptors (Lipinski definition) is 2. The van der Waals surface area contributed by atoms with Crippen molar-refractivity contribution in [3.05, 3.63) is 34.3 Å². The summed E-state index contributed by atoms with van der Waals surface area (Å²) in [5.41, 5.74) is 5.98. The van der Waals surface area contributed by atoms with Gasteiger partial charge in [-0.15, -0.1) is 12.4 Å². The monoisotopic (exact) mass is 332 g/mol. The maximum Gasteiger partial charge on any atom is 0.244 e. The van der Waals surface area contributed by atoms with Crippen LogP contribution < -0.4 is 11.1 Å². The number of hydrogen-bond donors (Lipinski definition) is 2. The smallest absolute Gasteiger partial charge is 0.244 e. The first-order valence-electron chi connectivity index (χ1n) is 5.83. The fourth-order valence-corrected chi connectivity index (χ4v) is 1.93. The number of nitrogens with two attached hydrogens (primary N) is 1. The molecule has 1 aromatic rings. The van der Waals surface area contributed by atoms with E-state index in [0.717, 1.165) is 16.6 Å². The zero-order valence-corrected chi connectivity index (χ0v) is 12.7. The van der Waals surface area contributed by atoms with Gasteiger partial charge in [-0.1, -0.05) is 28.1 Å². The molecule has 100 valence electrons. The van der Waals surface area contributed by atoms with Crippen LogP contribution in [0.1, 0.15) is 25.3 Å². The summed E-state index contributed by atoms with van der Waals surface area (Å²) in [6, 6.07) is 7.55. The van der Waals surface area contributed by atoms with Crippen molar-refractivity contribution in [1.29, 1.82) is 0 Å². The quantitative estimate of drug-likeness (QED) is 0.890. The van der Waals surface area contributed by atoms with Crippen molar-refractivity contribution in [2.24, 2.45) is 11.7 Å². The van der Waals surface area contributed by atoms with E-state index in [4.69, 9.17) is 5.73 Å². The summed E-state index contributed by atoms with van der Waals surface area (Å²) < 4.78 is 0.982. The predicted molar refractivity (Wildman–Crippen MR) is 78.7 cm³/mol. The van der Waals surface area contributed by atoms with Gasteiger partial charge in [0, 0.05) is 11.0 Å². The van der Waals surface area contributed by atoms with Crippen LogP contribution in [-0.2, 0) is 10.3 Å². The normalized spacial score (nSPS) is 17.5. The van der Waals surface area contributed by atoms with Crippen molar-refractivity contribution in [2.45, 2.75) is 25.3 Å². The lowest BCUT2D eigenvalue weighted by Gasteiger charge is -2.24. The topological polar surface area (TPSA) is 55.1 Å². The second-order valence-corrected chi connectivity index (χ2v) is 5.78. The predicted octanol–water partition coefficient (Wildman–Crippen LogP) is 2.57. The van der Waals surface area contributed by atoms with E-state index in [2.05, 4.69) is 21.2 Å². The second kappa shape index (κ2) is 6.04. The van der Waals surface area contributed by atoms with E-state index in [1.165, 1.54) is 12.8 Å². The standard InChI is InChI=1S/C13H17BrN2O.ClH/c1-13(15,10-4-6-11(14)7-5-10)12(17)16-8-9-2-3-9;/h4-7,9H,2-3,8,15H2,1H3,(H,16,17);1H. The molecule has 5 heteroatoms. The molecule has 0 aromatic heterocycles. The third-order valence-electron chi connectivity index (χ3n) is 3.16. The highest BCUT2D eigenvalue weighted by Crippen LogP contribution is 2.28. The molecule has 0 saturated heterocycles. The minimum absolute atomic E-state index is 0. The van der Waals surface area contributed by atoms with Crippen molar-refractivity contribution >= 4 is 34.2 Å². The van der Waals surface area contributed by atoms with Crippen LogP contribution in [-0.4, -0.2) is 12.5 Å². The first-order chi connectivity index (χ1) is 8.00. The van der Waals surface area contributed by atoms with E-state index in [1.54, 1.807) is 6.92 Å². The number of rotatable bonds is 4. The zero-order valence-electron chi connectivity index (χ0n) is 10.3. The van der Waals surface area contributed by atoms with Crippen LogP contribution in [0.15, 0.2) is 28.7 Å². The molecule has 1 aliphatic carbocycles. The van der Waals surface area contributed by atoms with Crippen LogP contribution in [0.2, 0.25) is 0 Å². The summed E-state index contributed by atoms with van der Waals surface area (Å²) in [4.78, 5) is 12.0. The molecule has 0 bridgehead atoms. The van der Waals surface area contributed by atoms with Crippen LogP contribution in [0, 0.1) is 5.92 Å². The summed E-state index contributed by atoms with van der Waals surface area (Å²) in [6.07, 6.45) is 2.44. The highest BCUT2D eigenvalue weighted by atomic mass is 79.9. The van der Waals surface area contributed by atoms with Crippen LogP contribution in [0.3, 0.4) is 0 Å². The van der Waals surface area contributed by atoms with Gasteiger partial charge in [-0.25, -0.2) is 0 Å². The van der Waals surface area contributed by atoms with Gasteiger partial charge in [0.25, 0.3) is 0 Å². The van der Waals surface area contributed by atoms with Gasteiger partial charge < -0.3 is 11.1 Å². The van der Waals surface area contributed by atoms with E-state index < -0.39 is 5.54 Å². The Kier molecular flexibility index (Phi) is 5.20. The minimum atomic E-state index is -0.963. The third-order valence-corrected chi connectivity index (χ3v) is 3.69. The molecule has 0 aliphatic heterocycles. The molecular formula is C13H18BrClN2O. The Morgan fingerprint density at radius 2 is 2.00 bits per heavy atom. The first kappa shape index (κ1) is 15.5. The SMILES string of the molecule is CC(N)(C(=O)NCC1CC1)c1ccc(Br)cc1.Cl. The number of amides is 1. The molecule has 18 heavy (non-hydrogen) atoms. The number of carbonyl (C=O) groups is 1. The van der Waals surface area contributed by atoms with Gasteiger partial charge in [-0.2, -0.15) is 0 Å². The molecule has 1 saturated carbocycles. The van der Waals surface area contributed by atoms with Crippen molar-refractivity contribution in [1.82, 2.24) is 5.32 Å². The summed E-state index contributed by atoms with van der Waals surface area (Å²) >= 11 is 3.37.